The van der Waals surface area contributed by atoms with Crippen LogP contribution in [0.15, 0.2) is 42.5 Å². The average molecular weight is 343 g/mol. The molecule has 24 heavy (non-hydrogen) atoms. The Kier molecular flexibility index (Phi) is 4.58. The Balaban J connectivity index is 1.73. The van der Waals surface area contributed by atoms with Gasteiger partial charge < -0.3 is 10.2 Å². The van der Waals surface area contributed by atoms with Gasteiger partial charge in [-0.3, -0.25) is 9.59 Å². The number of anilines is 2. The van der Waals surface area contributed by atoms with Gasteiger partial charge in [-0.25, -0.2) is 0 Å². The van der Waals surface area contributed by atoms with E-state index in [1.54, 1.807) is 11.0 Å². The number of halogens is 1. The molecule has 0 saturated carbocycles. The first-order valence-corrected chi connectivity index (χ1v) is 8.26. The molecule has 2 aromatic rings. The van der Waals surface area contributed by atoms with Gasteiger partial charge in [0.25, 0.3) is 0 Å². The van der Waals surface area contributed by atoms with Gasteiger partial charge in [-0.15, -0.1) is 0 Å². The molecule has 124 valence electrons. The number of rotatable bonds is 3. The van der Waals surface area contributed by atoms with E-state index in [-0.39, 0.29) is 24.2 Å². The molecule has 0 aliphatic carbocycles. The van der Waals surface area contributed by atoms with Crippen molar-refractivity contribution in [1.82, 2.24) is 0 Å². The minimum atomic E-state index is -0.364. The SMILES string of the molecule is Cc1ccc(NC(=O)C2CC(=O)N(c3cccc(Cl)c3C)C2)cc1. The molecule has 1 saturated heterocycles. The normalized spacial score (nSPS) is 17.2. The zero-order valence-electron chi connectivity index (χ0n) is 13.7. The summed E-state index contributed by atoms with van der Waals surface area (Å²) in [5.41, 5.74) is 3.51. The van der Waals surface area contributed by atoms with Crippen molar-refractivity contribution in [3.63, 3.8) is 0 Å². The first kappa shape index (κ1) is 16.5. The first-order chi connectivity index (χ1) is 11.5. The molecule has 0 spiro atoms. The summed E-state index contributed by atoms with van der Waals surface area (Å²) in [7, 11) is 0. The van der Waals surface area contributed by atoms with Gasteiger partial charge in [0.15, 0.2) is 0 Å². The Hall–Kier alpha value is -2.33. The molecule has 4 nitrogen and oxygen atoms in total. The van der Waals surface area contributed by atoms with Crippen molar-refractivity contribution in [2.75, 3.05) is 16.8 Å². The lowest BCUT2D eigenvalue weighted by atomic mass is 10.1. The monoisotopic (exact) mass is 342 g/mol. The van der Waals surface area contributed by atoms with Gasteiger partial charge in [-0.05, 0) is 43.7 Å². The summed E-state index contributed by atoms with van der Waals surface area (Å²) in [5.74, 6) is -0.545. The first-order valence-electron chi connectivity index (χ1n) is 7.88. The van der Waals surface area contributed by atoms with E-state index in [0.29, 0.717) is 11.6 Å². The maximum absolute atomic E-state index is 12.5. The van der Waals surface area contributed by atoms with E-state index in [9.17, 15) is 9.59 Å². The molecule has 5 heteroatoms. The number of aryl methyl sites for hydroxylation is 1. The van der Waals surface area contributed by atoms with Crippen LogP contribution < -0.4 is 10.2 Å². The van der Waals surface area contributed by atoms with Crippen LogP contribution in [0, 0.1) is 19.8 Å². The second kappa shape index (κ2) is 6.65. The van der Waals surface area contributed by atoms with Crippen molar-refractivity contribution >= 4 is 34.8 Å². The molecule has 1 N–H and O–H groups in total. The van der Waals surface area contributed by atoms with Gasteiger partial charge in [-0.1, -0.05) is 35.4 Å². The van der Waals surface area contributed by atoms with Gasteiger partial charge in [0, 0.05) is 29.4 Å². The van der Waals surface area contributed by atoms with Crippen LogP contribution >= 0.6 is 11.6 Å². The third-order valence-corrected chi connectivity index (χ3v) is 4.75. The zero-order valence-corrected chi connectivity index (χ0v) is 14.4. The highest BCUT2D eigenvalue weighted by molar-refractivity contribution is 6.31. The Morgan fingerprint density at radius 1 is 1.17 bits per heavy atom. The summed E-state index contributed by atoms with van der Waals surface area (Å²) >= 11 is 6.14. The number of nitrogens with one attached hydrogen (secondary N) is 1. The van der Waals surface area contributed by atoms with Gasteiger partial charge in [0.1, 0.15) is 0 Å². The van der Waals surface area contributed by atoms with Crippen molar-refractivity contribution in [2.45, 2.75) is 20.3 Å². The fourth-order valence-electron chi connectivity index (χ4n) is 2.89. The summed E-state index contributed by atoms with van der Waals surface area (Å²) in [5, 5.41) is 3.50. The fourth-order valence-corrected chi connectivity index (χ4v) is 3.06. The van der Waals surface area contributed by atoms with Gasteiger partial charge in [0.2, 0.25) is 11.8 Å². The molecule has 1 heterocycles. The summed E-state index contributed by atoms with van der Waals surface area (Å²) in [6, 6.07) is 13.1. The summed E-state index contributed by atoms with van der Waals surface area (Å²) in [6.07, 6.45) is 0.212. The van der Waals surface area contributed by atoms with Crippen LogP contribution in [0.25, 0.3) is 0 Å². The van der Waals surface area contributed by atoms with E-state index in [4.69, 9.17) is 11.6 Å². The van der Waals surface area contributed by atoms with Crippen LogP contribution in [0.3, 0.4) is 0 Å². The van der Waals surface area contributed by atoms with E-state index in [2.05, 4.69) is 5.32 Å². The standard InChI is InChI=1S/C19H19ClN2O2/c1-12-6-8-15(9-7-12)21-19(24)14-10-18(23)22(11-14)17-5-3-4-16(20)13(17)2/h3-9,14H,10-11H2,1-2H3,(H,21,24). The fraction of sp³-hybridized carbons (Fsp3) is 0.263. The van der Waals surface area contributed by atoms with Gasteiger partial charge in [-0.2, -0.15) is 0 Å². The Morgan fingerprint density at radius 2 is 1.88 bits per heavy atom. The molecule has 1 aliphatic heterocycles. The Morgan fingerprint density at radius 3 is 2.58 bits per heavy atom. The predicted molar refractivity (Wildman–Crippen MR) is 96.5 cm³/mol. The molecular weight excluding hydrogens is 324 g/mol. The molecule has 0 aromatic heterocycles. The van der Waals surface area contributed by atoms with E-state index in [0.717, 1.165) is 22.5 Å². The molecule has 1 atom stereocenters. The second-order valence-corrected chi connectivity index (χ2v) is 6.55. The molecule has 0 bridgehead atoms. The smallest absolute Gasteiger partial charge is 0.229 e. The number of carbonyl (C=O) groups is 2. The van der Waals surface area contributed by atoms with Crippen molar-refractivity contribution in [1.29, 1.82) is 0 Å². The minimum Gasteiger partial charge on any atom is -0.326 e. The molecule has 0 radical (unpaired) electrons. The Bertz CT molecular complexity index is 786. The minimum absolute atomic E-state index is 0.0515. The average Bonchev–Trinajstić information content (AvgIpc) is 2.94. The Labute approximate surface area is 146 Å². The van der Waals surface area contributed by atoms with Gasteiger partial charge >= 0.3 is 0 Å². The highest BCUT2D eigenvalue weighted by Crippen LogP contribution is 2.31. The lowest BCUT2D eigenvalue weighted by Crippen LogP contribution is -2.28. The summed E-state index contributed by atoms with van der Waals surface area (Å²) in [6.45, 7) is 4.24. The molecular formula is C19H19ClN2O2. The van der Waals surface area contributed by atoms with E-state index >= 15 is 0 Å². The highest BCUT2D eigenvalue weighted by Gasteiger charge is 2.35. The molecule has 1 aliphatic rings. The third-order valence-electron chi connectivity index (χ3n) is 4.34. The summed E-state index contributed by atoms with van der Waals surface area (Å²) in [4.78, 5) is 26.5. The van der Waals surface area contributed by atoms with Crippen molar-refractivity contribution < 1.29 is 9.59 Å². The zero-order chi connectivity index (χ0) is 17.3. The number of amides is 2. The molecule has 1 fully saturated rings. The van der Waals surface area contributed by atoms with Crippen LogP contribution in [0.1, 0.15) is 17.5 Å². The third kappa shape index (κ3) is 3.29. The lowest BCUT2D eigenvalue weighted by molar-refractivity contribution is -0.122. The van der Waals surface area contributed by atoms with Crippen LogP contribution in [0.2, 0.25) is 5.02 Å². The van der Waals surface area contributed by atoms with Crippen molar-refractivity contribution in [2.24, 2.45) is 5.92 Å². The van der Waals surface area contributed by atoms with Crippen LogP contribution in [-0.2, 0) is 9.59 Å². The van der Waals surface area contributed by atoms with Crippen molar-refractivity contribution in [3.05, 3.63) is 58.6 Å². The topological polar surface area (TPSA) is 49.4 Å². The predicted octanol–water partition coefficient (Wildman–Crippen LogP) is 3.95. The maximum Gasteiger partial charge on any atom is 0.229 e. The molecule has 2 amide bonds. The molecule has 2 aromatic carbocycles. The molecule has 3 rings (SSSR count). The van der Waals surface area contributed by atoms with Crippen LogP contribution in [0.5, 0.6) is 0 Å². The lowest BCUT2D eigenvalue weighted by Gasteiger charge is -2.19. The number of hydrogen-bond acceptors (Lipinski definition) is 2. The number of carbonyl (C=O) groups excluding carboxylic acids is 2. The van der Waals surface area contributed by atoms with Gasteiger partial charge in [0.05, 0.1) is 5.92 Å². The van der Waals surface area contributed by atoms with E-state index < -0.39 is 0 Å². The number of hydrogen-bond donors (Lipinski definition) is 1. The largest absolute Gasteiger partial charge is 0.326 e. The number of benzene rings is 2. The maximum atomic E-state index is 12.5. The quantitative estimate of drug-likeness (QED) is 0.918. The molecule has 1 unspecified atom stereocenters. The van der Waals surface area contributed by atoms with Crippen LogP contribution in [0.4, 0.5) is 11.4 Å². The van der Waals surface area contributed by atoms with Crippen LogP contribution in [-0.4, -0.2) is 18.4 Å². The number of nitrogens with zero attached hydrogens (tertiary/aromatic N) is 1. The van der Waals surface area contributed by atoms with Crippen molar-refractivity contribution in [3.8, 4) is 0 Å². The highest BCUT2D eigenvalue weighted by atomic mass is 35.5. The van der Waals surface area contributed by atoms with E-state index in [1.807, 2.05) is 50.2 Å². The summed E-state index contributed by atoms with van der Waals surface area (Å²) < 4.78 is 0. The second-order valence-electron chi connectivity index (χ2n) is 6.14. The van der Waals surface area contributed by atoms with E-state index in [1.165, 1.54) is 0 Å².